The summed E-state index contributed by atoms with van der Waals surface area (Å²) >= 11 is 0. The summed E-state index contributed by atoms with van der Waals surface area (Å²) < 4.78 is 0. The number of piperidine rings is 1. The predicted octanol–water partition coefficient (Wildman–Crippen LogP) is 3.76. The van der Waals surface area contributed by atoms with Gasteiger partial charge in [0.1, 0.15) is 0 Å². The van der Waals surface area contributed by atoms with Crippen LogP contribution in [0.1, 0.15) is 37.3 Å². The van der Waals surface area contributed by atoms with Crippen LogP contribution >= 0.6 is 0 Å². The molecule has 2 aromatic carbocycles. The van der Waals surface area contributed by atoms with Crippen molar-refractivity contribution in [2.45, 2.75) is 39.5 Å². The van der Waals surface area contributed by atoms with E-state index in [0.29, 0.717) is 37.3 Å². The molecule has 1 atom stereocenters. The normalized spacial score (nSPS) is 16.1. The minimum atomic E-state index is -0.244. The smallest absolute Gasteiger partial charge is 0.229 e. The van der Waals surface area contributed by atoms with Crippen LogP contribution in [0, 0.1) is 12.8 Å². The second-order valence-corrected chi connectivity index (χ2v) is 7.76. The van der Waals surface area contributed by atoms with Crippen LogP contribution < -0.4 is 10.6 Å². The molecule has 6 heteroatoms. The zero-order valence-corrected chi connectivity index (χ0v) is 17.6. The first-order valence-corrected chi connectivity index (χ1v) is 10.5. The molecule has 1 aliphatic rings. The molecule has 0 aromatic heterocycles. The molecular weight excluding hydrogens is 378 g/mol. The topological polar surface area (TPSA) is 78.5 Å². The monoisotopic (exact) mass is 407 g/mol. The number of aryl methyl sites for hydroxylation is 1. The highest BCUT2D eigenvalue weighted by Crippen LogP contribution is 2.24. The predicted molar refractivity (Wildman–Crippen MR) is 118 cm³/mol. The molecule has 0 radical (unpaired) electrons. The molecule has 1 aliphatic heterocycles. The van der Waals surface area contributed by atoms with Gasteiger partial charge >= 0.3 is 0 Å². The van der Waals surface area contributed by atoms with Gasteiger partial charge in [0.25, 0.3) is 0 Å². The number of amides is 3. The number of hydrogen-bond acceptors (Lipinski definition) is 3. The van der Waals surface area contributed by atoms with E-state index in [4.69, 9.17) is 0 Å². The first-order chi connectivity index (χ1) is 14.5. The standard InChI is InChI=1S/C24H29N3O3/c1-3-22(28)25-20-12-11-17(2)21(15-20)26-24(30)19-10-7-13-27(16-19)23(29)14-18-8-5-4-6-9-18/h4-6,8-9,11-12,15,19H,3,7,10,13-14,16H2,1-2H3,(H,25,28)(H,26,30). The van der Waals surface area contributed by atoms with E-state index in [2.05, 4.69) is 10.6 Å². The lowest BCUT2D eigenvalue weighted by molar-refractivity contribution is -0.134. The number of benzene rings is 2. The summed E-state index contributed by atoms with van der Waals surface area (Å²) in [4.78, 5) is 39.0. The minimum absolute atomic E-state index is 0.0548. The molecule has 1 heterocycles. The quantitative estimate of drug-likeness (QED) is 0.765. The summed E-state index contributed by atoms with van der Waals surface area (Å²) in [5.74, 6) is -0.351. The highest BCUT2D eigenvalue weighted by molar-refractivity contribution is 5.96. The molecule has 0 saturated carbocycles. The van der Waals surface area contributed by atoms with Crippen LogP contribution in [-0.2, 0) is 20.8 Å². The van der Waals surface area contributed by atoms with Crippen molar-refractivity contribution < 1.29 is 14.4 Å². The van der Waals surface area contributed by atoms with Gasteiger partial charge in [0.2, 0.25) is 17.7 Å². The van der Waals surface area contributed by atoms with Crippen molar-refractivity contribution in [1.29, 1.82) is 0 Å². The molecule has 0 bridgehead atoms. The highest BCUT2D eigenvalue weighted by Gasteiger charge is 2.28. The molecule has 2 N–H and O–H groups in total. The molecule has 3 rings (SSSR count). The Kier molecular flexibility index (Phi) is 7.22. The number of hydrogen-bond donors (Lipinski definition) is 2. The molecule has 1 fully saturated rings. The van der Waals surface area contributed by atoms with E-state index in [9.17, 15) is 14.4 Å². The fourth-order valence-electron chi connectivity index (χ4n) is 3.62. The number of likely N-dealkylation sites (tertiary alicyclic amines) is 1. The third kappa shape index (κ3) is 5.69. The zero-order chi connectivity index (χ0) is 21.5. The van der Waals surface area contributed by atoms with Gasteiger partial charge in [0.05, 0.1) is 12.3 Å². The van der Waals surface area contributed by atoms with Gasteiger partial charge in [-0.1, -0.05) is 43.3 Å². The van der Waals surface area contributed by atoms with Crippen LogP contribution in [0.15, 0.2) is 48.5 Å². The van der Waals surface area contributed by atoms with Gasteiger partial charge in [-0.05, 0) is 43.0 Å². The largest absolute Gasteiger partial charge is 0.342 e. The molecule has 6 nitrogen and oxygen atoms in total. The fraction of sp³-hybridized carbons (Fsp3) is 0.375. The lowest BCUT2D eigenvalue weighted by Gasteiger charge is -2.32. The summed E-state index contributed by atoms with van der Waals surface area (Å²) in [6.45, 7) is 4.83. The summed E-state index contributed by atoms with van der Waals surface area (Å²) in [6.07, 6.45) is 2.31. The van der Waals surface area contributed by atoms with E-state index in [-0.39, 0.29) is 23.6 Å². The maximum absolute atomic E-state index is 12.9. The number of anilines is 2. The van der Waals surface area contributed by atoms with Crippen LogP contribution in [0.3, 0.4) is 0 Å². The van der Waals surface area contributed by atoms with Crippen LogP contribution in [0.2, 0.25) is 0 Å². The van der Waals surface area contributed by atoms with Gasteiger partial charge in [-0.3, -0.25) is 14.4 Å². The second kappa shape index (κ2) is 10.1. The van der Waals surface area contributed by atoms with E-state index in [0.717, 1.165) is 24.0 Å². The average molecular weight is 408 g/mol. The summed E-state index contributed by atoms with van der Waals surface area (Å²) in [6, 6.07) is 15.1. The Hall–Kier alpha value is -3.15. The lowest BCUT2D eigenvalue weighted by atomic mass is 9.96. The molecule has 1 unspecified atom stereocenters. The van der Waals surface area contributed by atoms with Crippen LogP contribution in [0.5, 0.6) is 0 Å². The van der Waals surface area contributed by atoms with Gasteiger partial charge in [-0.25, -0.2) is 0 Å². The number of nitrogens with one attached hydrogen (secondary N) is 2. The van der Waals surface area contributed by atoms with Gasteiger partial charge < -0.3 is 15.5 Å². The van der Waals surface area contributed by atoms with Gasteiger partial charge in [0, 0.05) is 30.9 Å². The lowest BCUT2D eigenvalue weighted by Crippen LogP contribution is -2.44. The van der Waals surface area contributed by atoms with E-state index in [1.807, 2.05) is 49.4 Å². The number of rotatable bonds is 6. The zero-order valence-electron chi connectivity index (χ0n) is 17.6. The fourth-order valence-corrected chi connectivity index (χ4v) is 3.62. The Morgan fingerprint density at radius 2 is 1.83 bits per heavy atom. The molecule has 30 heavy (non-hydrogen) atoms. The number of nitrogens with zero attached hydrogens (tertiary/aromatic N) is 1. The van der Waals surface area contributed by atoms with Crippen molar-refractivity contribution in [3.63, 3.8) is 0 Å². The molecule has 2 aromatic rings. The van der Waals surface area contributed by atoms with E-state index < -0.39 is 0 Å². The Morgan fingerprint density at radius 3 is 2.57 bits per heavy atom. The summed E-state index contributed by atoms with van der Waals surface area (Å²) in [7, 11) is 0. The van der Waals surface area contributed by atoms with Crippen molar-refractivity contribution in [3.05, 3.63) is 59.7 Å². The third-order valence-corrected chi connectivity index (χ3v) is 5.44. The maximum atomic E-state index is 12.9. The van der Waals surface area contributed by atoms with Gasteiger partial charge in [0.15, 0.2) is 0 Å². The van der Waals surface area contributed by atoms with Gasteiger partial charge in [-0.2, -0.15) is 0 Å². The van der Waals surface area contributed by atoms with Gasteiger partial charge in [-0.15, -0.1) is 0 Å². The number of carbonyl (C=O) groups is 3. The Morgan fingerprint density at radius 1 is 1.07 bits per heavy atom. The highest BCUT2D eigenvalue weighted by atomic mass is 16.2. The Balaban J connectivity index is 1.62. The molecule has 3 amide bonds. The maximum Gasteiger partial charge on any atom is 0.229 e. The molecule has 158 valence electrons. The number of carbonyl (C=O) groups excluding carboxylic acids is 3. The van der Waals surface area contributed by atoms with Crippen molar-refractivity contribution in [2.24, 2.45) is 5.92 Å². The first-order valence-electron chi connectivity index (χ1n) is 10.5. The van der Waals surface area contributed by atoms with Crippen molar-refractivity contribution >= 4 is 29.1 Å². The molecule has 0 spiro atoms. The Bertz CT molecular complexity index is 911. The van der Waals surface area contributed by atoms with Crippen molar-refractivity contribution in [1.82, 2.24) is 4.90 Å². The van der Waals surface area contributed by atoms with Crippen molar-refractivity contribution in [3.8, 4) is 0 Å². The average Bonchev–Trinajstić information content (AvgIpc) is 2.76. The van der Waals surface area contributed by atoms with E-state index in [1.54, 1.807) is 17.9 Å². The second-order valence-electron chi connectivity index (χ2n) is 7.76. The Labute approximate surface area is 177 Å². The molecular formula is C24H29N3O3. The first kappa shape index (κ1) is 21.6. The SMILES string of the molecule is CCC(=O)Nc1ccc(C)c(NC(=O)C2CCCN(C(=O)Cc3ccccc3)C2)c1. The van der Waals surface area contributed by atoms with E-state index >= 15 is 0 Å². The molecule has 1 saturated heterocycles. The molecule has 0 aliphatic carbocycles. The van der Waals surface area contributed by atoms with Crippen LogP contribution in [-0.4, -0.2) is 35.7 Å². The minimum Gasteiger partial charge on any atom is -0.342 e. The third-order valence-electron chi connectivity index (χ3n) is 5.44. The van der Waals surface area contributed by atoms with Crippen molar-refractivity contribution in [2.75, 3.05) is 23.7 Å². The van der Waals surface area contributed by atoms with Crippen LogP contribution in [0.4, 0.5) is 11.4 Å². The van der Waals surface area contributed by atoms with E-state index in [1.165, 1.54) is 0 Å². The van der Waals surface area contributed by atoms with Crippen LogP contribution in [0.25, 0.3) is 0 Å². The summed E-state index contributed by atoms with van der Waals surface area (Å²) in [5, 5.41) is 5.81. The summed E-state index contributed by atoms with van der Waals surface area (Å²) in [5.41, 5.74) is 3.24.